The molecule has 0 fully saturated rings. The van der Waals surface area contributed by atoms with Crippen molar-refractivity contribution in [3.05, 3.63) is 192 Å². The molecule has 1 spiro atoms. The molecule has 3 aliphatic rings. The van der Waals surface area contributed by atoms with E-state index >= 15 is 0 Å². The van der Waals surface area contributed by atoms with Crippen LogP contribution in [0.1, 0.15) is 27.8 Å². The first kappa shape index (κ1) is 25.5. The smallest absolute Gasteiger partial charge is 0.132 e. The third-order valence-corrected chi connectivity index (χ3v) is 10.1. The highest BCUT2D eigenvalue weighted by atomic mass is 16.5. The van der Waals surface area contributed by atoms with Crippen LogP contribution in [0, 0.1) is 0 Å². The summed E-state index contributed by atoms with van der Waals surface area (Å²) in [4.78, 5) is 2.55. The van der Waals surface area contributed by atoms with Crippen LogP contribution in [0.4, 0.5) is 11.4 Å². The zero-order chi connectivity index (χ0) is 30.2. The molecule has 0 aliphatic carbocycles. The van der Waals surface area contributed by atoms with Gasteiger partial charge in [0.25, 0.3) is 0 Å². The van der Waals surface area contributed by atoms with Crippen molar-refractivity contribution in [3.8, 4) is 44.9 Å². The number of hydrogen-bond donors (Lipinski definition) is 0. The number of nitrogens with zero attached hydrogens (tertiary/aromatic N) is 1. The lowest BCUT2D eigenvalue weighted by Gasteiger charge is -2.50. The summed E-state index contributed by atoms with van der Waals surface area (Å²) in [6.07, 6.45) is 0. The zero-order valence-electron chi connectivity index (χ0n) is 25.2. The summed E-state index contributed by atoms with van der Waals surface area (Å²) in [5.74, 6) is 1.80. The Morgan fingerprint density at radius 3 is 1.70 bits per heavy atom. The van der Waals surface area contributed by atoms with Crippen molar-refractivity contribution in [3.63, 3.8) is 0 Å². The molecule has 0 amide bonds. The first-order chi connectivity index (χ1) is 22.8. The number of anilines is 2. The molecular formula is C44H29NO. The highest BCUT2D eigenvalue weighted by Gasteiger charge is 2.52. The summed E-state index contributed by atoms with van der Waals surface area (Å²) in [6, 6.07) is 59.7. The summed E-state index contributed by atoms with van der Waals surface area (Å²) in [6.45, 7) is 0.831. The van der Waals surface area contributed by atoms with E-state index in [-0.39, 0.29) is 0 Å². The Morgan fingerprint density at radius 1 is 0.435 bits per heavy atom. The quantitative estimate of drug-likeness (QED) is 0.199. The van der Waals surface area contributed by atoms with E-state index in [1.54, 1.807) is 0 Å². The van der Waals surface area contributed by atoms with Crippen LogP contribution in [0.5, 0.6) is 11.5 Å². The van der Waals surface area contributed by atoms with Gasteiger partial charge in [-0.15, -0.1) is 0 Å². The second-order valence-electron chi connectivity index (χ2n) is 12.5. The summed E-state index contributed by atoms with van der Waals surface area (Å²) < 4.78 is 6.86. The molecule has 7 aromatic rings. The van der Waals surface area contributed by atoms with Crippen molar-refractivity contribution in [2.75, 3.05) is 4.90 Å². The number of para-hydroxylation sites is 2. The molecule has 3 heterocycles. The van der Waals surface area contributed by atoms with Gasteiger partial charge in [0.1, 0.15) is 11.5 Å². The number of hydrogen-bond acceptors (Lipinski definition) is 2. The van der Waals surface area contributed by atoms with Gasteiger partial charge in [-0.2, -0.15) is 0 Å². The monoisotopic (exact) mass is 587 g/mol. The molecule has 10 rings (SSSR count). The molecule has 0 saturated heterocycles. The topological polar surface area (TPSA) is 12.5 Å². The molecule has 0 N–H and O–H groups in total. The molecule has 0 saturated carbocycles. The molecular weight excluding hydrogens is 558 g/mol. The van der Waals surface area contributed by atoms with Gasteiger partial charge in [-0.05, 0) is 74.8 Å². The molecule has 3 aliphatic heterocycles. The van der Waals surface area contributed by atoms with E-state index in [1.807, 2.05) is 0 Å². The highest BCUT2D eigenvalue weighted by Crippen LogP contribution is 2.64. The molecule has 2 nitrogen and oxygen atoms in total. The third kappa shape index (κ3) is 3.41. The fourth-order valence-electron chi connectivity index (χ4n) is 8.19. The standard InChI is InChI=1S/C44H29NO/c1-3-12-29(13-4-1)31-22-24-41-38(26-31)44(39-27-32(23-25-42(39)46-41)30-14-5-2-6-15-30)36-19-9-10-21-40(36)45-28-33-16-7-8-17-34(33)35-18-11-20-37(44)43(35)45/h1-27H,28H2. The van der Waals surface area contributed by atoms with Crippen LogP contribution in [0.25, 0.3) is 33.4 Å². The Bertz CT molecular complexity index is 2230. The predicted octanol–water partition coefficient (Wildman–Crippen LogP) is 11.1. The molecule has 0 unspecified atom stereocenters. The zero-order valence-corrected chi connectivity index (χ0v) is 25.2. The molecule has 46 heavy (non-hydrogen) atoms. The molecule has 216 valence electrons. The number of benzene rings is 7. The third-order valence-electron chi connectivity index (χ3n) is 10.1. The van der Waals surface area contributed by atoms with E-state index in [0.717, 1.165) is 18.0 Å². The minimum absolute atomic E-state index is 0.608. The van der Waals surface area contributed by atoms with E-state index in [9.17, 15) is 0 Å². The molecule has 2 heteroatoms. The fourth-order valence-corrected chi connectivity index (χ4v) is 8.19. The average Bonchev–Trinajstić information content (AvgIpc) is 3.13. The van der Waals surface area contributed by atoms with Crippen molar-refractivity contribution >= 4 is 11.4 Å². The SMILES string of the molecule is c1ccc(-c2ccc3c(c2)C2(c4cc(-c5ccccc5)ccc4O3)c3ccccc3N3Cc4ccccc4-c4cccc2c43)cc1. The van der Waals surface area contributed by atoms with Crippen LogP contribution >= 0.6 is 0 Å². The van der Waals surface area contributed by atoms with E-state index in [2.05, 4.69) is 169 Å². The molecule has 0 bridgehead atoms. The molecule has 0 atom stereocenters. The van der Waals surface area contributed by atoms with Crippen molar-refractivity contribution in [1.29, 1.82) is 0 Å². The summed E-state index contributed by atoms with van der Waals surface area (Å²) in [7, 11) is 0. The van der Waals surface area contributed by atoms with Gasteiger partial charge in [0.15, 0.2) is 0 Å². The molecule has 0 aromatic heterocycles. The van der Waals surface area contributed by atoms with Gasteiger partial charge in [0.2, 0.25) is 0 Å². The lowest BCUT2D eigenvalue weighted by atomic mass is 9.60. The number of fused-ring (bicyclic) bond motifs is 10. The van der Waals surface area contributed by atoms with Crippen molar-refractivity contribution in [1.82, 2.24) is 0 Å². The Balaban J connectivity index is 1.37. The maximum absolute atomic E-state index is 6.86. The van der Waals surface area contributed by atoms with Crippen LogP contribution in [0.2, 0.25) is 0 Å². The van der Waals surface area contributed by atoms with Gasteiger partial charge in [-0.25, -0.2) is 0 Å². The first-order valence-electron chi connectivity index (χ1n) is 16.0. The number of rotatable bonds is 2. The van der Waals surface area contributed by atoms with Crippen LogP contribution in [0.3, 0.4) is 0 Å². The van der Waals surface area contributed by atoms with Crippen LogP contribution in [-0.2, 0) is 12.0 Å². The van der Waals surface area contributed by atoms with E-state index in [0.29, 0.717) is 0 Å². The molecule has 7 aromatic carbocycles. The van der Waals surface area contributed by atoms with Crippen LogP contribution in [-0.4, -0.2) is 0 Å². The minimum atomic E-state index is -0.608. The maximum Gasteiger partial charge on any atom is 0.132 e. The maximum atomic E-state index is 6.86. The minimum Gasteiger partial charge on any atom is -0.457 e. The summed E-state index contributed by atoms with van der Waals surface area (Å²) in [5.41, 5.74) is 15.5. The first-order valence-corrected chi connectivity index (χ1v) is 16.0. The van der Waals surface area contributed by atoms with Crippen molar-refractivity contribution in [2.45, 2.75) is 12.0 Å². The van der Waals surface area contributed by atoms with Crippen molar-refractivity contribution < 1.29 is 4.74 Å². The average molecular weight is 588 g/mol. The Labute approximate surface area is 268 Å². The van der Waals surface area contributed by atoms with E-state index in [1.165, 1.54) is 72.6 Å². The van der Waals surface area contributed by atoms with Gasteiger partial charge in [-0.1, -0.05) is 133 Å². The van der Waals surface area contributed by atoms with Gasteiger partial charge in [0, 0.05) is 28.9 Å². The van der Waals surface area contributed by atoms with Crippen molar-refractivity contribution in [2.24, 2.45) is 0 Å². The Kier molecular flexibility index (Phi) is 5.30. The van der Waals surface area contributed by atoms with Crippen LogP contribution in [0.15, 0.2) is 164 Å². The normalized spacial score (nSPS) is 14.3. The predicted molar refractivity (Wildman–Crippen MR) is 187 cm³/mol. The Morgan fingerprint density at radius 2 is 1.00 bits per heavy atom. The largest absolute Gasteiger partial charge is 0.457 e. The van der Waals surface area contributed by atoms with Gasteiger partial charge >= 0.3 is 0 Å². The second-order valence-corrected chi connectivity index (χ2v) is 12.5. The van der Waals surface area contributed by atoms with Gasteiger partial charge in [0.05, 0.1) is 11.1 Å². The van der Waals surface area contributed by atoms with Gasteiger partial charge in [-0.3, -0.25) is 0 Å². The van der Waals surface area contributed by atoms with E-state index in [4.69, 9.17) is 4.74 Å². The number of ether oxygens (including phenoxy) is 1. The van der Waals surface area contributed by atoms with Gasteiger partial charge < -0.3 is 9.64 Å². The molecule has 0 radical (unpaired) electrons. The lowest BCUT2D eigenvalue weighted by Crippen LogP contribution is -2.41. The lowest BCUT2D eigenvalue weighted by molar-refractivity contribution is 0.434. The fraction of sp³-hybridized carbons (Fsp3) is 0.0455. The van der Waals surface area contributed by atoms with E-state index < -0.39 is 5.41 Å². The highest BCUT2D eigenvalue weighted by molar-refractivity contribution is 5.96. The van der Waals surface area contributed by atoms with Crippen LogP contribution < -0.4 is 9.64 Å². The summed E-state index contributed by atoms with van der Waals surface area (Å²) >= 11 is 0. The summed E-state index contributed by atoms with van der Waals surface area (Å²) in [5, 5.41) is 0. The second kappa shape index (κ2) is 9.57. The Hall–Kier alpha value is -5.86.